The molecular weight excluding hydrogens is 217 g/mol. The van der Waals surface area contributed by atoms with Crippen molar-refractivity contribution in [1.29, 1.82) is 0 Å². The van der Waals surface area contributed by atoms with Crippen molar-refractivity contribution in [2.45, 2.75) is 13.3 Å². The first-order chi connectivity index (χ1) is 8.31. The molecule has 1 aromatic heterocycles. The number of rotatable bonds is 5. The maximum atomic E-state index is 13.4. The first-order valence-electron chi connectivity index (χ1n) is 5.86. The van der Waals surface area contributed by atoms with Gasteiger partial charge in [-0.05, 0) is 37.7 Å². The second-order valence-electron chi connectivity index (χ2n) is 3.85. The van der Waals surface area contributed by atoms with Crippen molar-refractivity contribution < 1.29 is 8.81 Å². The summed E-state index contributed by atoms with van der Waals surface area (Å²) in [4.78, 5) is 0. The van der Waals surface area contributed by atoms with Gasteiger partial charge in [0.05, 0.1) is 0 Å². The van der Waals surface area contributed by atoms with Crippen LogP contribution in [0.4, 0.5) is 4.39 Å². The van der Waals surface area contributed by atoms with Crippen molar-refractivity contribution in [2.75, 3.05) is 13.1 Å². The molecule has 2 nitrogen and oxygen atoms in total. The van der Waals surface area contributed by atoms with E-state index in [1.807, 2.05) is 24.3 Å². The van der Waals surface area contributed by atoms with Crippen LogP contribution in [0.3, 0.4) is 0 Å². The maximum absolute atomic E-state index is 13.4. The van der Waals surface area contributed by atoms with Gasteiger partial charge in [0.2, 0.25) is 0 Å². The third-order valence-corrected chi connectivity index (χ3v) is 2.54. The fourth-order valence-electron chi connectivity index (χ4n) is 1.69. The van der Waals surface area contributed by atoms with Gasteiger partial charge in [-0.15, -0.1) is 0 Å². The van der Waals surface area contributed by atoms with Crippen LogP contribution < -0.4 is 5.32 Å². The molecule has 2 aromatic rings. The molecule has 2 rings (SSSR count). The molecule has 0 saturated carbocycles. The number of para-hydroxylation sites is 1. The quantitative estimate of drug-likeness (QED) is 0.798. The van der Waals surface area contributed by atoms with Crippen LogP contribution in [-0.4, -0.2) is 13.1 Å². The largest absolute Gasteiger partial charge is 0.454 e. The van der Waals surface area contributed by atoms with Crippen LogP contribution in [0, 0.1) is 5.82 Å². The van der Waals surface area contributed by atoms with Crippen molar-refractivity contribution in [2.24, 2.45) is 0 Å². The van der Waals surface area contributed by atoms with Crippen LogP contribution in [0.15, 0.2) is 34.8 Å². The van der Waals surface area contributed by atoms with Gasteiger partial charge in [-0.3, -0.25) is 0 Å². The number of fused-ring (bicyclic) bond motifs is 1. The third-order valence-electron chi connectivity index (χ3n) is 2.54. The van der Waals surface area contributed by atoms with Gasteiger partial charge in [0, 0.05) is 5.39 Å². The molecule has 0 spiro atoms. The second-order valence-corrected chi connectivity index (χ2v) is 3.85. The predicted molar refractivity (Wildman–Crippen MR) is 68.4 cm³/mol. The third kappa shape index (κ3) is 2.94. The van der Waals surface area contributed by atoms with E-state index in [2.05, 4.69) is 12.2 Å². The van der Waals surface area contributed by atoms with E-state index < -0.39 is 0 Å². The summed E-state index contributed by atoms with van der Waals surface area (Å²) in [7, 11) is 0. The molecule has 90 valence electrons. The highest BCUT2D eigenvalue weighted by Crippen LogP contribution is 2.22. The molecule has 0 saturated heterocycles. The van der Waals surface area contributed by atoms with Crippen molar-refractivity contribution in [1.82, 2.24) is 5.32 Å². The Hall–Kier alpha value is -1.61. The highest BCUT2D eigenvalue weighted by molar-refractivity contribution is 5.80. The molecule has 1 heterocycles. The van der Waals surface area contributed by atoms with Crippen molar-refractivity contribution >= 4 is 17.0 Å². The topological polar surface area (TPSA) is 25.2 Å². The van der Waals surface area contributed by atoms with Gasteiger partial charge in [-0.25, -0.2) is 4.39 Å². The molecule has 0 atom stereocenters. The Kier molecular flexibility index (Phi) is 3.94. The smallest absolute Gasteiger partial charge is 0.170 e. The summed E-state index contributed by atoms with van der Waals surface area (Å²) in [5, 5.41) is 4.03. The van der Waals surface area contributed by atoms with E-state index in [1.54, 1.807) is 6.07 Å². The van der Waals surface area contributed by atoms with Gasteiger partial charge in [-0.2, -0.15) is 0 Å². The van der Waals surface area contributed by atoms with Gasteiger partial charge in [-0.1, -0.05) is 25.1 Å². The summed E-state index contributed by atoms with van der Waals surface area (Å²) in [6.45, 7) is 4.00. The molecule has 1 N–H and O–H groups in total. The van der Waals surface area contributed by atoms with Crippen molar-refractivity contribution in [3.8, 4) is 0 Å². The molecule has 0 aliphatic heterocycles. The zero-order chi connectivity index (χ0) is 12.1. The minimum absolute atomic E-state index is 0.310. The number of benzene rings is 1. The fraction of sp³-hybridized carbons (Fsp3) is 0.286. The van der Waals surface area contributed by atoms with E-state index in [0.29, 0.717) is 11.3 Å². The Labute approximate surface area is 100 Å². The van der Waals surface area contributed by atoms with E-state index in [4.69, 9.17) is 4.42 Å². The summed E-state index contributed by atoms with van der Waals surface area (Å²) < 4.78 is 18.8. The number of nitrogens with one attached hydrogen (secondary N) is 1. The lowest BCUT2D eigenvalue weighted by Gasteiger charge is -1.94. The van der Waals surface area contributed by atoms with Gasteiger partial charge in [0.15, 0.2) is 11.4 Å². The van der Waals surface area contributed by atoms with E-state index in [9.17, 15) is 4.39 Å². The molecule has 17 heavy (non-hydrogen) atoms. The average molecular weight is 233 g/mol. The minimum atomic E-state index is -0.310. The van der Waals surface area contributed by atoms with Crippen LogP contribution in [-0.2, 0) is 0 Å². The average Bonchev–Trinajstić information content (AvgIpc) is 2.73. The Balaban J connectivity index is 2.07. The Morgan fingerprint density at radius 2 is 2.29 bits per heavy atom. The summed E-state index contributed by atoms with van der Waals surface area (Å²) >= 11 is 0. The summed E-state index contributed by atoms with van der Waals surface area (Å²) in [5.74, 6) is 0.386. The normalized spacial score (nSPS) is 11.6. The number of hydrogen-bond acceptors (Lipinski definition) is 2. The molecule has 3 heteroatoms. The maximum Gasteiger partial charge on any atom is 0.170 e. The van der Waals surface area contributed by atoms with E-state index >= 15 is 0 Å². The van der Waals surface area contributed by atoms with E-state index in [-0.39, 0.29) is 5.82 Å². The standard InChI is InChI=1S/C14H16FNO/c1-2-16-9-4-3-7-12-10-11-6-5-8-13(15)14(11)17-12/h3,5-8,10,16H,2,4,9H2,1H3/b7-3+. The van der Waals surface area contributed by atoms with Crippen molar-refractivity contribution in [3.05, 3.63) is 41.9 Å². The monoisotopic (exact) mass is 233 g/mol. The lowest BCUT2D eigenvalue weighted by Crippen LogP contribution is -2.12. The zero-order valence-corrected chi connectivity index (χ0v) is 9.87. The molecule has 0 aliphatic carbocycles. The Bertz CT molecular complexity index is 516. The van der Waals surface area contributed by atoms with Crippen LogP contribution >= 0.6 is 0 Å². The van der Waals surface area contributed by atoms with Crippen molar-refractivity contribution in [3.63, 3.8) is 0 Å². The first kappa shape index (κ1) is 11.9. The van der Waals surface area contributed by atoms with Gasteiger partial charge >= 0.3 is 0 Å². The lowest BCUT2D eigenvalue weighted by molar-refractivity contribution is 0.554. The van der Waals surface area contributed by atoms with Crippen LogP contribution in [0.2, 0.25) is 0 Å². The highest BCUT2D eigenvalue weighted by atomic mass is 19.1. The number of hydrogen-bond donors (Lipinski definition) is 1. The molecule has 0 fully saturated rings. The molecule has 0 bridgehead atoms. The van der Waals surface area contributed by atoms with Gasteiger partial charge < -0.3 is 9.73 Å². The van der Waals surface area contributed by atoms with Gasteiger partial charge in [0.1, 0.15) is 5.76 Å². The van der Waals surface area contributed by atoms with E-state index in [1.165, 1.54) is 6.07 Å². The number of furan rings is 1. The second kappa shape index (κ2) is 5.64. The molecule has 0 aliphatic rings. The highest BCUT2D eigenvalue weighted by Gasteiger charge is 2.05. The summed E-state index contributed by atoms with van der Waals surface area (Å²) in [5.41, 5.74) is 0.332. The van der Waals surface area contributed by atoms with Crippen LogP contribution in [0.1, 0.15) is 19.1 Å². The minimum Gasteiger partial charge on any atom is -0.454 e. The van der Waals surface area contributed by atoms with Crippen LogP contribution in [0.5, 0.6) is 0 Å². The summed E-state index contributed by atoms with van der Waals surface area (Å²) in [6, 6.07) is 6.79. The van der Waals surface area contributed by atoms with Crippen LogP contribution in [0.25, 0.3) is 17.0 Å². The fourth-order valence-corrected chi connectivity index (χ4v) is 1.69. The predicted octanol–water partition coefficient (Wildman–Crippen LogP) is 3.58. The molecule has 0 radical (unpaired) electrons. The number of halogens is 1. The molecular formula is C14H16FNO. The molecule has 1 aromatic carbocycles. The molecule has 0 unspecified atom stereocenters. The van der Waals surface area contributed by atoms with E-state index in [0.717, 1.165) is 24.9 Å². The SMILES string of the molecule is CCNCC/C=C/c1cc2cccc(F)c2o1. The lowest BCUT2D eigenvalue weighted by atomic mass is 10.2. The first-order valence-corrected chi connectivity index (χ1v) is 5.86. The summed E-state index contributed by atoms with van der Waals surface area (Å²) in [6.07, 6.45) is 4.85. The van der Waals surface area contributed by atoms with Gasteiger partial charge in [0.25, 0.3) is 0 Å². The Morgan fingerprint density at radius 3 is 3.06 bits per heavy atom. The molecule has 0 amide bonds. The zero-order valence-electron chi connectivity index (χ0n) is 9.87. The Morgan fingerprint density at radius 1 is 1.41 bits per heavy atom.